The Kier molecular flexibility index (Phi) is 4.99. The number of nitrogens with zero attached hydrogens (tertiary/aromatic N) is 1. The summed E-state index contributed by atoms with van der Waals surface area (Å²) in [6, 6.07) is 1.83. The number of rotatable bonds is 6. The van der Waals surface area contributed by atoms with Crippen molar-refractivity contribution in [2.24, 2.45) is 0 Å². The standard InChI is InChI=1S/C17H21N3O3S/c1-10-8-13(11-4-2-5-11)23-16(22)14(10)15(21)19-7-3-6-12-9-24-17(18)20-12/h8-9,11H,2-7H2,1H3,(H2,18,20)(H,19,21). The fraction of sp³-hybridized carbons (Fsp3) is 0.471. The van der Waals surface area contributed by atoms with Crippen molar-refractivity contribution in [3.63, 3.8) is 0 Å². The number of nitrogen functional groups attached to an aromatic ring is 1. The first kappa shape index (κ1) is 16.7. The van der Waals surface area contributed by atoms with Crippen LogP contribution in [0.3, 0.4) is 0 Å². The van der Waals surface area contributed by atoms with Crippen LogP contribution in [0.5, 0.6) is 0 Å². The SMILES string of the molecule is Cc1cc(C2CCC2)oc(=O)c1C(=O)NCCCc1csc(N)n1. The number of nitrogens with one attached hydrogen (secondary N) is 1. The van der Waals surface area contributed by atoms with Gasteiger partial charge < -0.3 is 15.5 Å². The van der Waals surface area contributed by atoms with E-state index in [0.29, 0.717) is 28.9 Å². The van der Waals surface area contributed by atoms with Crippen molar-refractivity contribution in [1.29, 1.82) is 0 Å². The summed E-state index contributed by atoms with van der Waals surface area (Å²) in [6.07, 6.45) is 4.74. The molecule has 1 aliphatic rings. The molecule has 1 saturated carbocycles. The van der Waals surface area contributed by atoms with E-state index in [1.54, 1.807) is 6.92 Å². The van der Waals surface area contributed by atoms with Gasteiger partial charge in [-0.3, -0.25) is 4.79 Å². The van der Waals surface area contributed by atoms with Crippen LogP contribution in [-0.4, -0.2) is 17.4 Å². The molecule has 3 N–H and O–H groups in total. The zero-order valence-corrected chi connectivity index (χ0v) is 14.4. The molecule has 7 heteroatoms. The van der Waals surface area contributed by atoms with Crippen molar-refractivity contribution in [1.82, 2.24) is 10.3 Å². The van der Waals surface area contributed by atoms with Gasteiger partial charge in [0, 0.05) is 17.8 Å². The van der Waals surface area contributed by atoms with Crippen molar-refractivity contribution < 1.29 is 9.21 Å². The van der Waals surface area contributed by atoms with Crippen molar-refractivity contribution in [2.75, 3.05) is 12.3 Å². The predicted molar refractivity (Wildman–Crippen MR) is 93.5 cm³/mol. The van der Waals surface area contributed by atoms with Gasteiger partial charge in [-0.05, 0) is 44.2 Å². The summed E-state index contributed by atoms with van der Waals surface area (Å²) < 4.78 is 5.35. The van der Waals surface area contributed by atoms with Gasteiger partial charge >= 0.3 is 5.63 Å². The molecule has 0 spiro atoms. The van der Waals surface area contributed by atoms with Gasteiger partial charge in [0.25, 0.3) is 5.91 Å². The molecule has 0 aliphatic heterocycles. The van der Waals surface area contributed by atoms with Crippen molar-refractivity contribution in [3.8, 4) is 0 Å². The first-order valence-corrected chi connectivity index (χ1v) is 9.05. The molecular weight excluding hydrogens is 326 g/mol. The Hall–Kier alpha value is -2.15. The molecule has 0 unspecified atom stereocenters. The largest absolute Gasteiger partial charge is 0.427 e. The van der Waals surface area contributed by atoms with E-state index in [-0.39, 0.29) is 11.5 Å². The maximum absolute atomic E-state index is 12.3. The van der Waals surface area contributed by atoms with Crippen LogP contribution in [0.25, 0.3) is 0 Å². The lowest BCUT2D eigenvalue weighted by Crippen LogP contribution is -2.31. The van der Waals surface area contributed by atoms with E-state index < -0.39 is 5.63 Å². The summed E-state index contributed by atoms with van der Waals surface area (Å²) >= 11 is 1.41. The number of aromatic nitrogens is 1. The first-order valence-electron chi connectivity index (χ1n) is 8.17. The summed E-state index contributed by atoms with van der Waals surface area (Å²) in [4.78, 5) is 28.6. The summed E-state index contributed by atoms with van der Waals surface area (Å²) in [6.45, 7) is 2.26. The van der Waals surface area contributed by atoms with Gasteiger partial charge in [-0.25, -0.2) is 9.78 Å². The molecule has 2 aromatic rings. The van der Waals surface area contributed by atoms with E-state index in [0.717, 1.165) is 31.4 Å². The fourth-order valence-electron chi connectivity index (χ4n) is 2.80. The van der Waals surface area contributed by atoms with E-state index >= 15 is 0 Å². The maximum atomic E-state index is 12.3. The minimum atomic E-state index is -0.540. The lowest BCUT2D eigenvalue weighted by molar-refractivity contribution is 0.0947. The summed E-state index contributed by atoms with van der Waals surface area (Å²) in [5.41, 5.74) is 6.75. The number of carbonyl (C=O) groups is 1. The van der Waals surface area contributed by atoms with Gasteiger partial charge in [-0.15, -0.1) is 11.3 Å². The highest BCUT2D eigenvalue weighted by atomic mass is 32.1. The highest BCUT2D eigenvalue weighted by Gasteiger charge is 2.25. The third kappa shape index (κ3) is 3.67. The molecule has 1 fully saturated rings. The maximum Gasteiger partial charge on any atom is 0.349 e. The number of aryl methyl sites for hydroxylation is 2. The molecule has 0 aromatic carbocycles. The Morgan fingerprint density at radius 1 is 1.50 bits per heavy atom. The molecule has 0 atom stereocenters. The van der Waals surface area contributed by atoms with Crippen LogP contribution in [0.1, 0.15) is 59.0 Å². The van der Waals surface area contributed by atoms with Crippen molar-refractivity contribution >= 4 is 22.4 Å². The Bertz CT molecular complexity index is 793. The first-order chi connectivity index (χ1) is 11.5. The highest BCUT2D eigenvalue weighted by Crippen LogP contribution is 2.36. The van der Waals surface area contributed by atoms with E-state index in [1.807, 2.05) is 11.4 Å². The second-order valence-corrected chi connectivity index (χ2v) is 7.05. The van der Waals surface area contributed by atoms with Crippen LogP contribution in [0.4, 0.5) is 5.13 Å². The lowest BCUT2D eigenvalue weighted by Gasteiger charge is -2.24. The summed E-state index contributed by atoms with van der Waals surface area (Å²) in [5, 5.41) is 5.24. The van der Waals surface area contributed by atoms with Crippen LogP contribution >= 0.6 is 11.3 Å². The van der Waals surface area contributed by atoms with Gasteiger partial charge in [-0.2, -0.15) is 0 Å². The van der Waals surface area contributed by atoms with E-state index in [9.17, 15) is 9.59 Å². The number of hydrogen-bond donors (Lipinski definition) is 2. The molecule has 24 heavy (non-hydrogen) atoms. The number of nitrogens with two attached hydrogens (primary N) is 1. The van der Waals surface area contributed by atoms with Gasteiger partial charge in [0.1, 0.15) is 11.3 Å². The Labute approximate surface area is 144 Å². The second-order valence-electron chi connectivity index (χ2n) is 6.16. The van der Waals surface area contributed by atoms with E-state index in [4.69, 9.17) is 10.2 Å². The third-order valence-electron chi connectivity index (χ3n) is 4.37. The number of anilines is 1. The smallest absolute Gasteiger partial charge is 0.349 e. The van der Waals surface area contributed by atoms with Crippen LogP contribution in [0.15, 0.2) is 20.7 Å². The van der Waals surface area contributed by atoms with Gasteiger partial charge in [0.05, 0.1) is 5.69 Å². The van der Waals surface area contributed by atoms with Crippen LogP contribution in [-0.2, 0) is 6.42 Å². The molecule has 2 heterocycles. The molecule has 128 valence electrons. The van der Waals surface area contributed by atoms with Crippen molar-refractivity contribution in [2.45, 2.75) is 44.9 Å². The highest BCUT2D eigenvalue weighted by molar-refractivity contribution is 7.13. The Balaban J connectivity index is 1.57. The molecular formula is C17H21N3O3S. The van der Waals surface area contributed by atoms with Gasteiger partial charge in [0.2, 0.25) is 0 Å². The van der Waals surface area contributed by atoms with Gasteiger partial charge in [0.15, 0.2) is 5.13 Å². The molecule has 1 aliphatic carbocycles. The number of thiazole rings is 1. The second kappa shape index (κ2) is 7.17. The minimum Gasteiger partial charge on any atom is -0.427 e. The third-order valence-corrected chi connectivity index (χ3v) is 5.09. The molecule has 1 amide bonds. The molecule has 6 nitrogen and oxygen atoms in total. The van der Waals surface area contributed by atoms with Gasteiger partial charge in [-0.1, -0.05) is 6.42 Å². The fourth-order valence-corrected chi connectivity index (χ4v) is 3.39. The Morgan fingerprint density at radius 3 is 2.88 bits per heavy atom. The number of hydrogen-bond acceptors (Lipinski definition) is 6. The minimum absolute atomic E-state index is 0.107. The summed E-state index contributed by atoms with van der Waals surface area (Å²) in [5.74, 6) is 0.666. The molecule has 0 radical (unpaired) electrons. The number of carbonyl (C=O) groups excluding carboxylic acids is 1. The van der Waals surface area contributed by atoms with Crippen LogP contribution < -0.4 is 16.7 Å². The topological polar surface area (TPSA) is 98.2 Å². The lowest BCUT2D eigenvalue weighted by atomic mass is 9.83. The molecule has 2 aromatic heterocycles. The van der Waals surface area contributed by atoms with Crippen LogP contribution in [0, 0.1) is 6.92 Å². The normalized spacial score (nSPS) is 14.4. The number of amides is 1. The van der Waals surface area contributed by atoms with Crippen LogP contribution in [0.2, 0.25) is 0 Å². The predicted octanol–water partition coefficient (Wildman–Crippen LogP) is 2.62. The zero-order chi connectivity index (χ0) is 17.1. The molecule has 0 saturated heterocycles. The van der Waals surface area contributed by atoms with E-state index in [1.165, 1.54) is 17.8 Å². The average Bonchev–Trinajstić information content (AvgIpc) is 2.86. The van der Waals surface area contributed by atoms with Crippen molar-refractivity contribution in [3.05, 3.63) is 44.4 Å². The molecule has 0 bridgehead atoms. The Morgan fingerprint density at radius 2 is 2.29 bits per heavy atom. The van der Waals surface area contributed by atoms with E-state index in [2.05, 4.69) is 10.3 Å². The summed E-state index contributed by atoms with van der Waals surface area (Å²) in [7, 11) is 0. The molecule has 3 rings (SSSR count). The quantitative estimate of drug-likeness (QED) is 0.783. The average molecular weight is 347 g/mol. The zero-order valence-electron chi connectivity index (χ0n) is 13.6. The monoisotopic (exact) mass is 347 g/mol.